The molecule has 25 heavy (non-hydrogen) atoms. The van der Waals surface area contributed by atoms with Crippen molar-refractivity contribution in [1.82, 2.24) is 4.90 Å². The van der Waals surface area contributed by atoms with Crippen molar-refractivity contribution in [2.45, 2.75) is 6.17 Å². The van der Waals surface area contributed by atoms with Gasteiger partial charge in [0.2, 0.25) is 0 Å². The highest BCUT2D eigenvalue weighted by atomic mass is 16.4. The van der Waals surface area contributed by atoms with E-state index in [9.17, 15) is 14.7 Å². The molecular formula is C19H15N3O3. The fourth-order valence-corrected chi connectivity index (χ4v) is 2.98. The topological polar surface area (TPSA) is 81.7 Å². The lowest BCUT2D eigenvalue weighted by molar-refractivity contribution is 0.0697. The zero-order valence-electron chi connectivity index (χ0n) is 13.1. The smallest absolute Gasteiger partial charge is 0.337 e. The molecule has 2 aromatic carbocycles. The molecule has 6 heteroatoms. The molecule has 4 rings (SSSR count). The van der Waals surface area contributed by atoms with Gasteiger partial charge in [-0.1, -0.05) is 24.3 Å². The van der Waals surface area contributed by atoms with Crippen molar-refractivity contribution in [3.8, 4) is 0 Å². The first-order chi connectivity index (χ1) is 12.1. The molecule has 2 aliphatic heterocycles. The average molecular weight is 333 g/mol. The Morgan fingerprint density at radius 3 is 2.72 bits per heavy atom. The van der Waals surface area contributed by atoms with Crippen LogP contribution in [0.15, 0.2) is 72.6 Å². The van der Waals surface area contributed by atoms with E-state index in [1.54, 1.807) is 47.5 Å². The molecule has 0 saturated carbocycles. The van der Waals surface area contributed by atoms with Crippen molar-refractivity contribution in [1.29, 1.82) is 0 Å². The number of amides is 1. The third-order valence-corrected chi connectivity index (χ3v) is 4.18. The molecule has 2 heterocycles. The van der Waals surface area contributed by atoms with Gasteiger partial charge in [-0.2, -0.15) is 0 Å². The Bertz CT molecular complexity index is 933. The SMILES string of the molecule is O=C(O)c1ccccc1NC1=C[C@@H]2Nc3ccccc3C(=O)N2C=C1. The zero-order valence-corrected chi connectivity index (χ0v) is 13.1. The van der Waals surface area contributed by atoms with Crippen LogP contribution in [0.4, 0.5) is 11.4 Å². The summed E-state index contributed by atoms with van der Waals surface area (Å²) in [6.45, 7) is 0. The number of para-hydroxylation sites is 2. The maximum atomic E-state index is 12.6. The van der Waals surface area contributed by atoms with E-state index in [4.69, 9.17) is 0 Å². The summed E-state index contributed by atoms with van der Waals surface area (Å²) in [6, 6.07) is 14.1. The Kier molecular flexibility index (Phi) is 3.50. The minimum absolute atomic E-state index is 0.0724. The molecule has 0 fully saturated rings. The van der Waals surface area contributed by atoms with Crippen molar-refractivity contribution in [2.24, 2.45) is 0 Å². The zero-order chi connectivity index (χ0) is 17.4. The molecule has 1 amide bonds. The van der Waals surface area contributed by atoms with Crippen molar-refractivity contribution in [3.05, 3.63) is 83.7 Å². The molecule has 124 valence electrons. The van der Waals surface area contributed by atoms with Crippen LogP contribution in [-0.4, -0.2) is 28.0 Å². The van der Waals surface area contributed by atoms with Crippen molar-refractivity contribution >= 4 is 23.3 Å². The molecule has 0 unspecified atom stereocenters. The quantitative estimate of drug-likeness (QED) is 0.804. The van der Waals surface area contributed by atoms with E-state index in [1.165, 1.54) is 0 Å². The van der Waals surface area contributed by atoms with Crippen LogP contribution in [0.3, 0.4) is 0 Å². The number of rotatable bonds is 3. The van der Waals surface area contributed by atoms with E-state index >= 15 is 0 Å². The van der Waals surface area contributed by atoms with Crippen molar-refractivity contribution in [2.75, 3.05) is 10.6 Å². The molecule has 0 bridgehead atoms. The number of carboxylic acid groups (broad SMARTS) is 1. The highest BCUT2D eigenvalue weighted by Gasteiger charge is 2.31. The number of aromatic carboxylic acids is 1. The number of fused-ring (bicyclic) bond motifs is 2. The van der Waals surface area contributed by atoms with Gasteiger partial charge in [-0.15, -0.1) is 0 Å². The number of nitrogens with one attached hydrogen (secondary N) is 2. The van der Waals surface area contributed by atoms with Crippen LogP contribution < -0.4 is 10.6 Å². The second kappa shape index (κ2) is 5.83. The number of anilines is 2. The summed E-state index contributed by atoms with van der Waals surface area (Å²) in [5.41, 5.74) is 2.82. The van der Waals surface area contributed by atoms with Crippen LogP contribution in [0.2, 0.25) is 0 Å². The lowest BCUT2D eigenvalue weighted by Crippen LogP contribution is -2.46. The van der Waals surface area contributed by atoms with Crippen LogP contribution >= 0.6 is 0 Å². The maximum Gasteiger partial charge on any atom is 0.337 e. The molecule has 2 aliphatic rings. The Morgan fingerprint density at radius 2 is 1.88 bits per heavy atom. The molecule has 0 spiro atoms. The summed E-state index contributed by atoms with van der Waals surface area (Å²) in [4.78, 5) is 25.5. The number of carboxylic acids is 1. The van der Waals surface area contributed by atoms with Crippen molar-refractivity contribution in [3.63, 3.8) is 0 Å². The van der Waals surface area contributed by atoms with Gasteiger partial charge in [0.25, 0.3) is 5.91 Å². The summed E-state index contributed by atoms with van der Waals surface area (Å²) in [6.07, 6.45) is 4.98. The van der Waals surface area contributed by atoms with E-state index in [2.05, 4.69) is 10.6 Å². The van der Waals surface area contributed by atoms with Crippen LogP contribution in [0.25, 0.3) is 0 Å². The second-order valence-corrected chi connectivity index (χ2v) is 5.76. The van der Waals surface area contributed by atoms with E-state index in [-0.39, 0.29) is 17.6 Å². The Labute approximate surface area is 144 Å². The molecule has 1 atom stereocenters. The molecule has 0 radical (unpaired) electrons. The van der Waals surface area contributed by atoms with Gasteiger partial charge in [0.1, 0.15) is 6.17 Å². The van der Waals surface area contributed by atoms with E-state index < -0.39 is 5.97 Å². The van der Waals surface area contributed by atoms with Crippen LogP contribution in [-0.2, 0) is 0 Å². The summed E-state index contributed by atoms with van der Waals surface area (Å²) in [5, 5.41) is 15.7. The highest BCUT2D eigenvalue weighted by Crippen LogP contribution is 2.29. The van der Waals surface area contributed by atoms with Crippen LogP contribution in [0.5, 0.6) is 0 Å². The number of hydrogen-bond donors (Lipinski definition) is 3. The number of carbonyl (C=O) groups is 2. The Balaban J connectivity index is 1.63. The number of allylic oxidation sites excluding steroid dienone is 1. The van der Waals surface area contributed by atoms with Gasteiger partial charge in [-0.3, -0.25) is 9.69 Å². The molecule has 0 saturated heterocycles. The first kappa shape index (κ1) is 15.0. The lowest BCUT2D eigenvalue weighted by Gasteiger charge is -2.36. The summed E-state index contributed by atoms with van der Waals surface area (Å²) >= 11 is 0. The molecule has 0 aliphatic carbocycles. The summed E-state index contributed by atoms with van der Waals surface area (Å²) in [7, 11) is 0. The first-order valence-corrected chi connectivity index (χ1v) is 7.81. The Morgan fingerprint density at radius 1 is 1.12 bits per heavy atom. The van der Waals surface area contributed by atoms with Gasteiger partial charge in [-0.05, 0) is 36.4 Å². The Hall–Kier alpha value is -3.54. The number of hydrogen-bond acceptors (Lipinski definition) is 4. The lowest BCUT2D eigenvalue weighted by atomic mass is 10.1. The van der Waals surface area contributed by atoms with E-state index in [1.807, 2.05) is 24.3 Å². The number of nitrogens with zero attached hydrogens (tertiary/aromatic N) is 1. The van der Waals surface area contributed by atoms with Crippen LogP contribution in [0, 0.1) is 0 Å². The van der Waals surface area contributed by atoms with Gasteiger partial charge in [0.05, 0.1) is 16.8 Å². The van der Waals surface area contributed by atoms with Crippen molar-refractivity contribution < 1.29 is 14.7 Å². The van der Waals surface area contributed by atoms with E-state index in [0.717, 1.165) is 11.4 Å². The molecule has 3 N–H and O–H groups in total. The highest BCUT2D eigenvalue weighted by molar-refractivity contribution is 6.02. The predicted octanol–water partition coefficient (Wildman–Crippen LogP) is 3.10. The normalized spacial score (nSPS) is 17.9. The molecular weight excluding hydrogens is 318 g/mol. The van der Waals surface area contributed by atoms with Gasteiger partial charge in [0, 0.05) is 17.6 Å². The van der Waals surface area contributed by atoms with Gasteiger partial charge in [-0.25, -0.2) is 4.79 Å². The fourth-order valence-electron chi connectivity index (χ4n) is 2.98. The third kappa shape index (κ3) is 2.63. The average Bonchev–Trinajstić information content (AvgIpc) is 2.62. The minimum atomic E-state index is -0.995. The van der Waals surface area contributed by atoms with Crippen LogP contribution in [0.1, 0.15) is 20.7 Å². The number of benzene rings is 2. The fraction of sp³-hybridized carbons (Fsp3) is 0.0526. The summed E-state index contributed by atoms with van der Waals surface area (Å²) in [5.74, 6) is -1.07. The third-order valence-electron chi connectivity index (χ3n) is 4.18. The largest absolute Gasteiger partial charge is 0.478 e. The van der Waals surface area contributed by atoms with E-state index in [0.29, 0.717) is 11.3 Å². The second-order valence-electron chi connectivity index (χ2n) is 5.76. The molecule has 6 nitrogen and oxygen atoms in total. The minimum Gasteiger partial charge on any atom is -0.478 e. The standard InChI is InChI=1S/C19H15N3O3/c23-18-13-5-1-3-7-15(13)21-17-11-12(9-10-22(17)18)20-16-8-4-2-6-14(16)19(24)25/h1-11,17,20-21H,(H,24,25)/t17-/m1/s1. The van der Waals surface area contributed by atoms with Gasteiger partial charge >= 0.3 is 5.97 Å². The van der Waals surface area contributed by atoms with Gasteiger partial charge in [0.15, 0.2) is 0 Å². The first-order valence-electron chi connectivity index (χ1n) is 7.81. The predicted molar refractivity (Wildman–Crippen MR) is 94.3 cm³/mol. The monoisotopic (exact) mass is 333 g/mol. The maximum absolute atomic E-state index is 12.6. The summed E-state index contributed by atoms with van der Waals surface area (Å²) < 4.78 is 0. The molecule has 0 aromatic heterocycles. The number of carbonyl (C=O) groups excluding carboxylic acids is 1. The molecule has 2 aromatic rings. The van der Waals surface area contributed by atoms with Gasteiger partial charge < -0.3 is 15.7 Å².